The number of rotatable bonds is 8. The summed E-state index contributed by atoms with van der Waals surface area (Å²) in [4.78, 5) is 36.1. The predicted octanol–water partition coefficient (Wildman–Crippen LogP) is 3.18. The molecule has 0 aliphatic heterocycles. The number of benzene rings is 2. The minimum absolute atomic E-state index is 0.00351. The molecule has 2 aromatic rings. The summed E-state index contributed by atoms with van der Waals surface area (Å²) in [5.74, 6) is -1.87. The number of aliphatic carboxylic acids is 1. The summed E-state index contributed by atoms with van der Waals surface area (Å²) in [7, 11) is 0. The van der Waals surface area contributed by atoms with Crippen LogP contribution in [-0.4, -0.2) is 53.0 Å². The number of aliphatic hydroxyl groups is 1. The minimum atomic E-state index is -1.67. The molecule has 34 heavy (non-hydrogen) atoms. The van der Waals surface area contributed by atoms with Crippen LogP contribution < -0.4 is 10.6 Å². The second-order valence-corrected chi connectivity index (χ2v) is 9.13. The van der Waals surface area contributed by atoms with Crippen LogP contribution in [-0.2, 0) is 14.3 Å². The number of hydrogen-bond acceptors (Lipinski definition) is 5. The predicted molar refractivity (Wildman–Crippen MR) is 125 cm³/mol. The van der Waals surface area contributed by atoms with Crippen LogP contribution in [0.3, 0.4) is 0 Å². The van der Waals surface area contributed by atoms with Gasteiger partial charge in [-0.15, -0.1) is 0 Å². The fraction of sp³-hybridized carbons (Fsp3) is 0.423. The summed E-state index contributed by atoms with van der Waals surface area (Å²) in [5, 5.41) is 23.6. The van der Waals surface area contributed by atoms with Gasteiger partial charge in [0.15, 0.2) is 6.10 Å². The van der Waals surface area contributed by atoms with Crippen molar-refractivity contribution in [2.45, 2.75) is 56.1 Å². The zero-order valence-electron chi connectivity index (χ0n) is 19.0. The fourth-order valence-electron chi connectivity index (χ4n) is 5.09. The van der Waals surface area contributed by atoms with Gasteiger partial charge < -0.3 is 25.6 Å². The van der Waals surface area contributed by atoms with E-state index in [9.17, 15) is 19.5 Å². The highest BCUT2D eigenvalue weighted by Crippen LogP contribution is 2.44. The van der Waals surface area contributed by atoms with Gasteiger partial charge in [-0.2, -0.15) is 0 Å². The van der Waals surface area contributed by atoms with Gasteiger partial charge in [-0.1, -0.05) is 67.8 Å². The highest BCUT2D eigenvalue weighted by Gasteiger charge is 2.37. The first-order chi connectivity index (χ1) is 16.4. The van der Waals surface area contributed by atoms with Crippen molar-refractivity contribution in [2.24, 2.45) is 0 Å². The lowest BCUT2D eigenvalue weighted by Gasteiger charge is -2.37. The molecule has 2 aliphatic rings. The maximum atomic E-state index is 12.9. The van der Waals surface area contributed by atoms with Crippen molar-refractivity contribution in [1.29, 1.82) is 0 Å². The maximum Gasteiger partial charge on any atom is 0.407 e. The molecule has 180 valence electrons. The molecule has 0 saturated heterocycles. The molecule has 0 aromatic heterocycles. The lowest BCUT2D eigenvalue weighted by atomic mass is 9.79. The summed E-state index contributed by atoms with van der Waals surface area (Å²) in [6, 6.07) is 16.2. The highest BCUT2D eigenvalue weighted by molar-refractivity contribution is 5.81. The Morgan fingerprint density at radius 1 is 0.971 bits per heavy atom. The molecule has 0 unspecified atom stereocenters. The molecule has 2 aromatic carbocycles. The van der Waals surface area contributed by atoms with E-state index in [2.05, 4.69) is 34.9 Å². The second kappa shape index (κ2) is 10.3. The zero-order chi connectivity index (χ0) is 24.1. The Morgan fingerprint density at radius 2 is 1.56 bits per heavy atom. The number of alkyl carbamates (subject to hydrolysis) is 1. The lowest BCUT2D eigenvalue weighted by Crippen LogP contribution is -2.53. The highest BCUT2D eigenvalue weighted by atomic mass is 16.5. The van der Waals surface area contributed by atoms with Crippen LogP contribution in [0.2, 0.25) is 0 Å². The molecule has 4 rings (SSSR count). The van der Waals surface area contributed by atoms with Crippen LogP contribution >= 0.6 is 0 Å². The normalized spacial score (nSPS) is 17.2. The molecule has 1 saturated carbocycles. The molecule has 8 nitrogen and oxygen atoms in total. The van der Waals surface area contributed by atoms with Crippen LogP contribution in [0.1, 0.15) is 55.6 Å². The van der Waals surface area contributed by atoms with Crippen LogP contribution in [0.5, 0.6) is 0 Å². The number of hydrogen-bond donors (Lipinski definition) is 4. The summed E-state index contributed by atoms with van der Waals surface area (Å²) in [6.45, 7) is -0.192. The van der Waals surface area contributed by atoms with Crippen molar-refractivity contribution in [3.8, 4) is 11.1 Å². The second-order valence-electron chi connectivity index (χ2n) is 9.13. The number of carbonyl (C=O) groups is 3. The van der Waals surface area contributed by atoms with Crippen molar-refractivity contribution in [3.63, 3.8) is 0 Å². The van der Waals surface area contributed by atoms with Crippen LogP contribution in [0, 0.1) is 0 Å². The maximum absolute atomic E-state index is 12.9. The molecule has 1 atom stereocenters. The quantitative estimate of drug-likeness (QED) is 0.474. The number of fused-ring (bicyclic) bond motifs is 3. The Morgan fingerprint density at radius 3 is 2.15 bits per heavy atom. The SMILES string of the molecule is O=C(CC1(NC(=O)OCC2c3ccccc3-c3ccccc32)CCCCC1)NC[C@H](O)C(=O)O. The van der Waals surface area contributed by atoms with E-state index in [1.807, 2.05) is 24.3 Å². The van der Waals surface area contributed by atoms with Crippen molar-refractivity contribution in [1.82, 2.24) is 10.6 Å². The van der Waals surface area contributed by atoms with Gasteiger partial charge in [-0.25, -0.2) is 9.59 Å². The van der Waals surface area contributed by atoms with Gasteiger partial charge in [-0.3, -0.25) is 4.79 Å². The minimum Gasteiger partial charge on any atom is -0.479 e. The molecular weight excluding hydrogens is 436 g/mol. The number of aliphatic hydroxyl groups excluding tert-OH is 1. The molecule has 0 radical (unpaired) electrons. The largest absolute Gasteiger partial charge is 0.479 e. The van der Waals surface area contributed by atoms with E-state index in [1.54, 1.807) is 0 Å². The first-order valence-electron chi connectivity index (χ1n) is 11.7. The van der Waals surface area contributed by atoms with Gasteiger partial charge in [-0.05, 0) is 35.1 Å². The first kappa shape index (κ1) is 23.8. The average molecular weight is 467 g/mol. The van der Waals surface area contributed by atoms with E-state index < -0.39 is 29.6 Å². The molecule has 2 aliphatic carbocycles. The van der Waals surface area contributed by atoms with Gasteiger partial charge in [0.1, 0.15) is 6.61 Å². The van der Waals surface area contributed by atoms with E-state index in [-0.39, 0.29) is 25.5 Å². The third-order valence-electron chi connectivity index (χ3n) is 6.80. The van der Waals surface area contributed by atoms with Crippen molar-refractivity contribution in [3.05, 3.63) is 59.7 Å². The third-order valence-corrected chi connectivity index (χ3v) is 6.80. The van der Waals surface area contributed by atoms with Gasteiger partial charge in [0.05, 0.1) is 12.1 Å². The summed E-state index contributed by atoms with van der Waals surface area (Å²) in [6.07, 6.45) is 1.79. The number of nitrogens with one attached hydrogen (secondary N) is 2. The zero-order valence-corrected chi connectivity index (χ0v) is 19.0. The summed E-state index contributed by atoms with van der Waals surface area (Å²) in [5.41, 5.74) is 3.80. The smallest absolute Gasteiger partial charge is 0.407 e. The van der Waals surface area contributed by atoms with Gasteiger partial charge >= 0.3 is 12.1 Å². The number of carboxylic acids is 1. The third kappa shape index (κ3) is 5.22. The van der Waals surface area contributed by atoms with Crippen molar-refractivity contribution < 1.29 is 29.3 Å². The Balaban J connectivity index is 1.39. The summed E-state index contributed by atoms with van der Waals surface area (Å²) < 4.78 is 5.68. The number of ether oxygens (including phenoxy) is 1. The molecule has 0 spiro atoms. The molecule has 4 N–H and O–H groups in total. The summed E-state index contributed by atoms with van der Waals surface area (Å²) >= 11 is 0. The number of carbonyl (C=O) groups excluding carboxylic acids is 2. The molecule has 0 heterocycles. The Kier molecular flexibility index (Phi) is 7.17. The Hall–Kier alpha value is -3.39. The van der Waals surface area contributed by atoms with Crippen LogP contribution in [0.15, 0.2) is 48.5 Å². The van der Waals surface area contributed by atoms with E-state index in [0.29, 0.717) is 12.8 Å². The van der Waals surface area contributed by atoms with Gasteiger partial charge in [0.25, 0.3) is 0 Å². The Labute approximate surface area is 198 Å². The molecule has 0 bridgehead atoms. The monoisotopic (exact) mass is 466 g/mol. The van der Waals surface area contributed by atoms with Crippen molar-refractivity contribution >= 4 is 18.0 Å². The fourth-order valence-corrected chi connectivity index (χ4v) is 5.09. The van der Waals surface area contributed by atoms with Crippen molar-refractivity contribution in [2.75, 3.05) is 13.2 Å². The van der Waals surface area contributed by atoms with E-state index >= 15 is 0 Å². The topological polar surface area (TPSA) is 125 Å². The van der Waals surface area contributed by atoms with Crippen LogP contribution in [0.4, 0.5) is 4.79 Å². The van der Waals surface area contributed by atoms with E-state index in [4.69, 9.17) is 9.84 Å². The standard InChI is InChI=1S/C26H30N2O6/c29-22(24(31)32)15-27-23(30)14-26(12-6-1-7-13-26)28-25(33)34-16-21-19-10-4-2-8-17(19)18-9-3-5-11-20(18)21/h2-5,8-11,21-22,29H,1,6-7,12-16H2,(H,27,30)(H,28,33)(H,31,32)/t22-/m0/s1. The Bertz CT molecular complexity index is 1020. The molecule has 2 amide bonds. The van der Waals surface area contributed by atoms with Gasteiger partial charge in [0, 0.05) is 12.3 Å². The molecule has 1 fully saturated rings. The number of carboxylic acid groups (broad SMARTS) is 1. The lowest BCUT2D eigenvalue weighted by molar-refractivity contribution is -0.146. The van der Waals surface area contributed by atoms with Gasteiger partial charge in [0.2, 0.25) is 5.91 Å². The van der Waals surface area contributed by atoms with E-state index in [1.165, 1.54) is 0 Å². The van der Waals surface area contributed by atoms with E-state index in [0.717, 1.165) is 41.5 Å². The first-order valence-corrected chi connectivity index (χ1v) is 11.7. The van der Waals surface area contributed by atoms with Crippen LogP contribution in [0.25, 0.3) is 11.1 Å². The average Bonchev–Trinajstić information content (AvgIpc) is 3.15. The molecule has 8 heteroatoms. The molecular formula is C26H30N2O6. The number of amides is 2.